The van der Waals surface area contributed by atoms with Gasteiger partial charge in [0.25, 0.3) is 0 Å². The van der Waals surface area contributed by atoms with E-state index in [1.54, 1.807) is 7.11 Å². The average molecular weight is 259 g/mol. The molecule has 2 aromatic rings. The van der Waals surface area contributed by atoms with Crippen molar-refractivity contribution < 1.29 is 4.74 Å². The van der Waals surface area contributed by atoms with Gasteiger partial charge in [0.05, 0.1) is 12.8 Å². The lowest BCUT2D eigenvalue weighted by Crippen LogP contribution is -2.10. The number of aryl methyl sites for hydroxylation is 2. The quantitative estimate of drug-likeness (QED) is 0.887. The van der Waals surface area contributed by atoms with E-state index in [0.29, 0.717) is 6.54 Å². The summed E-state index contributed by atoms with van der Waals surface area (Å²) in [7, 11) is 1.68. The summed E-state index contributed by atoms with van der Waals surface area (Å²) in [6.45, 7) is 6.73. The smallest absolute Gasteiger partial charge is 0.128 e. The van der Waals surface area contributed by atoms with Gasteiger partial charge in [-0.25, -0.2) is 4.98 Å². The number of hydrogen-bond acceptors (Lipinski definition) is 3. The maximum Gasteiger partial charge on any atom is 0.128 e. The van der Waals surface area contributed by atoms with E-state index in [-0.39, 0.29) is 5.92 Å². The highest BCUT2D eigenvalue weighted by Gasteiger charge is 2.16. The number of nitrogens with two attached hydrogens (primary N) is 1. The Labute approximate surface area is 114 Å². The number of nitrogens with one attached hydrogen (secondary N) is 1. The van der Waals surface area contributed by atoms with Crippen LogP contribution in [0.5, 0.6) is 5.75 Å². The van der Waals surface area contributed by atoms with Gasteiger partial charge in [-0.3, -0.25) is 0 Å². The number of imidazole rings is 1. The molecule has 0 spiro atoms. The molecule has 1 atom stereocenters. The second-order valence-electron chi connectivity index (χ2n) is 4.94. The highest BCUT2D eigenvalue weighted by Crippen LogP contribution is 2.32. The van der Waals surface area contributed by atoms with Crippen LogP contribution in [0.15, 0.2) is 18.2 Å². The Morgan fingerprint density at radius 2 is 2.11 bits per heavy atom. The van der Waals surface area contributed by atoms with Crippen LogP contribution in [-0.4, -0.2) is 23.6 Å². The lowest BCUT2D eigenvalue weighted by molar-refractivity contribution is 0.416. The zero-order valence-electron chi connectivity index (χ0n) is 11.9. The van der Waals surface area contributed by atoms with Gasteiger partial charge < -0.3 is 15.5 Å². The minimum atomic E-state index is 0.225. The van der Waals surface area contributed by atoms with Crippen LogP contribution < -0.4 is 10.5 Å². The molecule has 0 aliphatic rings. The number of hydrogen-bond donors (Lipinski definition) is 2. The normalized spacial score (nSPS) is 12.5. The van der Waals surface area contributed by atoms with Gasteiger partial charge in [0.15, 0.2) is 0 Å². The van der Waals surface area contributed by atoms with Gasteiger partial charge in [-0.1, -0.05) is 18.6 Å². The molecule has 1 aromatic heterocycles. The summed E-state index contributed by atoms with van der Waals surface area (Å²) >= 11 is 0. The Morgan fingerprint density at radius 3 is 2.74 bits per heavy atom. The van der Waals surface area contributed by atoms with Crippen LogP contribution in [0.1, 0.15) is 29.9 Å². The van der Waals surface area contributed by atoms with Crippen LogP contribution in [0, 0.1) is 13.8 Å². The van der Waals surface area contributed by atoms with Crippen molar-refractivity contribution in [2.75, 3.05) is 13.7 Å². The molecular formula is C15H21N3O. The summed E-state index contributed by atoms with van der Waals surface area (Å²) in [6.07, 6.45) is 0. The average Bonchev–Trinajstić information content (AvgIpc) is 2.79. The van der Waals surface area contributed by atoms with Gasteiger partial charge in [0.1, 0.15) is 11.6 Å². The fraction of sp³-hybridized carbons (Fsp3) is 0.400. The van der Waals surface area contributed by atoms with E-state index in [1.165, 1.54) is 5.56 Å². The van der Waals surface area contributed by atoms with Crippen molar-refractivity contribution in [2.24, 2.45) is 5.73 Å². The molecule has 102 valence electrons. The summed E-state index contributed by atoms with van der Waals surface area (Å²) < 4.78 is 5.43. The highest BCUT2D eigenvalue weighted by atomic mass is 16.5. The molecule has 1 aromatic carbocycles. The van der Waals surface area contributed by atoms with E-state index in [4.69, 9.17) is 10.5 Å². The van der Waals surface area contributed by atoms with Gasteiger partial charge >= 0.3 is 0 Å². The summed E-state index contributed by atoms with van der Waals surface area (Å²) in [5, 5.41) is 0. The monoisotopic (exact) mass is 259 g/mol. The van der Waals surface area contributed by atoms with Crippen LogP contribution >= 0.6 is 0 Å². The lowest BCUT2D eigenvalue weighted by atomic mass is 10.1. The molecule has 19 heavy (non-hydrogen) atoms. The first-order valence-electron chi connectivity index (χ1n) is 6.48. The van der Waals surface area contributed by atoms with Crippen molar-refractivity contribution in [3.05, 3.63) is 35.3 Å². The van der Waals surface area contributed by atoms with E-state index in [1.807, 2.05) is 19.1 Å². The topological polar surface area (TPSA) is 63.9 Å². The molecule has 0 amide bonds. The van der Waals surface area contributed by atoms with Gasteiger partial charge in [0, 0.05) is 23.7 Å². The van der Waals surface area contributed by atoms with Crippen LogP contribution in [0.3, 0.4) is 0 Å². The van der Waals surface area contributed by atoms with E-state index in [2.05, 4.69) is 29.9 Å². The largest absolute Gasteiger partial charge is 0.496 e. The molecule has 0 radical (unpaired) electrons. The molecule has 3 N–H and O–H groups in total. The first-order valence-corrected chi connectivity index (χ1v) is 6.48. The van der Waals surface area contributed by atoms with Crippen molar-refractivity contribution in [2.45, 2.75) is 26.7 Å². The van der Waals surface area contributed by atoms with Gasteiger partial charge in [-0.15, -0.1) is 0 Å². The molecule has 1 heterocycles. The number of nitrogens with zero attached hydrogens (tertiary/aromatic N) is 1. The minimum absolute atomic E-state index is 0.225. The zero-order valence-corrected chi connectivity index (χ0v) is 11.9. The second kappa shape index (κ2) is 5.45. The number of ether oxygens (including phenoxy) is 1. The molecule has 4 nitrogen and oxygen atoms in total. The third-order valence-electron chi connectivity index (χ3n) is 3.33. The number of H-pyrrole nitrogens is 1. The van der Waals surface area contributed by atoms with Gasteiger partial charge in [0.2, 0.25) is 0 Å². The zero-order chi connectivity index (χ0) is 14.0. The van der Waals surface area contributed by atoms with Gasteiger partial charge in [-0.2, -0.15) is 0 Å². The molecule has 0 bridgehead atoms. The maximum absolute atomic E-state index is 5.70. The van der Waals surface area contributed by atoms with Crippen LogP contribution in [-0.2, 0) is 0 Å². The van der Waals surface area contributed by atoms with Crippen molar-refractivity contribution in [1.29, 1.82) is 0 Å². The van der Waals surface area contributed by atoms with E-state index < -0.39 is 0 Å². The lowest BCUT2D eigenvalue weighted by Gasteiger charge is -2.08. The number of methoxy groups -OCH3 is 1. The van der Waals surface area contributed by atoms with Crippen molar-refractivity contribution in [3.8, 4) is 17.0 Å². The van der Waals surface area contributed by atoms with Crippen molar-refractivity contribution >= 4 is 0 Å². The van der Waals surface area contributed by atoms with E-state index >= 15 is 0 Å². The molecule has 1 unspecified atom stereocenters. The summed E-state index contributed by atoms with van der Waals surface area (Å²) in [6, 6.07) is 6.11. The maximum atomic E-state index is 5.70. The first-order chi connectivity index (χ1) is 9.06. The molecule has 4 heteroatoms. The third-order valence-corrected chi connectivity index (χ3v) is 3.33. The Hall–Kier alpha value is -1.81. The Balaban J connectivity index is 2.52. The molecule has 2 rings (SSSR count). The second-order valence-corrected chi connectivity index (χ2v) is 4.94. The Morgan fingerprint density at radius 1 is 1.37 bits per heavy atom. The van der Waals surface area contributed by atoms with Crippen molar-refractivity contribution in [3.63, 3.8) is 0 Å². The number of aromatic amines is 1. The molecular weight excluding hydrogens is 238 g/mol. The SMILES string of the molecule is COc1ccc(C)cc1-c1nc(C(C)CN)[nH]c1C. The summed E-state index contributed by atoms with van der Waals surface area (Å²) in [5.41, 5.74) is 9.89. The number of rotatable bonds is 4. The number of benzene rings is 1. The van der Waals surface area contributed by atoms with Crippen LogP contribution in [0.2, 0.25) is 0 Å². The Bertz CT molecular complexity index is 575. The third kappa shape index (κ3) is 2.63. The Kier molecular flexibility index (Phi) is 3.90. The van der Waals surface area contributed by atoms with E-state index in [9.17, 15) is 0 Å². The molecule has 0 saturated heterocycles. The van der Waals surface area contributed by atoms with Gasteiger partial charge in [-0.05, 0) is 26.0 Å². The fourth-order valence-electron chi connectivity index (χ4n) is 2.10. The van der Waals surface area contributed by atoms with Crippen LogP contribution in [0.4, 0.5) is 0 Å². The fourth-order valence-corrected chi connectivity index (χ4v) is 2.10. The predicted octanol–water partition coefficient (Wildman–Crippen LogP) is 2.76. The van der Waals surface area contributed by atoms with E-state index in [0.717, 1.165) is 28.5 Å². The van der Waals surface area contributed by atoms with Crippen molar-refractivity contribution in [1.82, 2.24) is 9.97 Å². The molecule has 0 aliphatic heterocycles. The highest BCUT2D eigenvalue weighted by molar-refractivity contribution is 5.70. The molecule has 0 aliphatic carbocycles. The summed E-state index contributed by atoms with van der Waals surface area (Å²) in [5.74, 6) is 1.99. The standard InChI is InChI=1S/C15H21N3O/c1-9-5-6-13(19-4)12(7-9)14-11(3)17-15(18-14)10(2)8-16/h5-7,10H,8,16H2,1-4H3,(H,17,18). The molecule has 0 saturated carbocycles. The first kappa shape index (κ1) is 13.6. The number of aromatic nitrogens is 2. The molecule has 0 fully saturated rings. The minimum Gasteiger partial charge on any atom is -0.496 e. The van der Waals surface area contributed by atoms with Crippen LogP contribution in [0.25, 0.3) is 11.3 Å². The predicted molar refractivity (Wildman–Crippen MR) is 77.5 cm³/mol. The summed E-state index contributed by atoms with van der Waals surface area (Å²) in [4.78, 5) is 8.00.